The Morgan fingerprint density at radius 1 is 1.44 bits per heavy atom. The largest absolute Gasteiger partial charge is 0.357 e. The molecule has 0 atom stereocenters. The summed E-state index contributed by atoms with van der Waals surface area (Å²) < 4.78 is 3.23. The number of nitrogens with zero attached hydrogens (tertiary/aromatic N) is 4. The topological polar surface area (TPSA) is 45.5 Å². The molecule has 2 aromatic rings. The zero-order valence-electron chi connectivity index (χ0n) is 15.3. The van der Waals surface area contributed by atoms with Crippen LogP contribution < -0.4 is 5.32 Å². The monoisotopic (exact) mass is 539 g/mol. The zero-order chi connectivity index (χ0) is 17.5. The summed E-state index contributed by atoms with van der Waals surface area (Å²) in [6.07, 6.45) is 6.00. The molecule has 0 aliphatic heterocycles. The van der Waals surface area contributed by atoms with Gasteiger partial charge in [0.1, 0.15) is 0 Å². The molecule has 0 unspecified atom stereocenters. The van der Waals surface area contributed by atoms with Crippen LogP contribution in [0.1, 0.15) is 29.4 Å². The van der Waals surface area contributed by atoms with Crippen LogP contribution >= 0.6 is 51.2 Å². The Balaban J connectivity index is 0.00000312. The van der Waals surface area contributed by atoms with E-state index in [1.54, 1.807) is 11.3 Å². The van der Waals surface area contributed by atoms with Gasteiger partial charge in [-0.05, 0) is 35.3 Å². The highest BCUT2D eigenvalue weighted by molar-refractivity contribution is 14.0. The molecule has 2 heterocycles. The van der Waals surface area contributed by atoms with Gasteiger partial charge >= 0.3 is 0 Å². The van der Waals surface area contributed by atoms with E-state index >= 15 is 0 Å². The average Bonchev–Trinajstić information content (AvgIpc) is 3.13. The molecule has 0 aliphatic rings. The van der Waals surface area contributed by atoms with Gasteiger partial charge in [0.15, 0.2) is 5.96 Å². The molecule has 0 aromatic carbocycles. The van der Waals surface area contributed by atoms with Crippen molar-refractivity contribution in [3.8, 4) is 0 Å². The normalized spacial score (nSPS) is 11.3. The summed E-state index contributed by atoms with van der Waals surface area (Å²) in [6.45, 7) is 6.68. The van der Waals surface area contributed by atoms with Gasteiger partial charge in [-0.1, -0.05) is 6.92 Å². The third-order valence-corrected chi connectivity index (χ3v) is 5.34. The molecule has 2 rings (SSSR count). The van der Waals surface area contributed by atoms with Crippen molar-refractivity contribution in [3.05, 3.63) is 38.5 Å². The van der Waals surface area contributed by atoms with Crippen molar-refractivity contribution in [1.29, 1.82) is 0 Å². The van der Waals surface area contributed by atoms with Crippen molar-refractivity contribution in [3.63, 3.8) is 0 Å². The van der Waals surface area contributed by atoms with Gasteiger partial charge < -0.3 is 14.8 Å². The highest BCUT2D eigenvalue weighted by Crippen LogP contribution is 2.15. The molecule has 1 N–H and O–H groups in total. The molecule has 0 fully saturated rings. The molecular formula is C17H27BrIN5S. The van der Waals surface area contributed by atoms with Crippen LogP contribution in [0.2, 0.25) is 0 Å². The lowest BCUT2D eigenvalue weighted by molar-refractivity contribution is 0.462. The van der Waals surface area contributed by atoms with Crippen LogP contribution in [0, 0.1) is 0 Å². The fourth-order valence-electron chi connectivity index (χ4n) is 2.40. The quantitative estimate of drug-likeness (QED) is 0.328. The first kappa shape index (κ1) is 22.4. The number of hydrogen-bond acceptors (Lipinski definition) is 3. The summed E-state index contributed by atoms with van der Waals surface area (Å²) in [5.74, 6) is 0.932. The molecule has 8 heteroatoms. The number of halogens is 2. The molecule has 0 saturated carbocycles. The van der Waals surface area contributed by atoms with Crippen LogP contribution in [0.5, 0.6) is 0 Å². The van der Waals surface area contributed by atoms with Gasteiger partial charge in [0.25, 0.3) is 0 Å². The molecule has 5 nitrogen and oxygen atoms in total. The number of aliphatic imine (C=N–C) groups is 1. The van der Waals surface area contributed by atoms with E-state index in [4.69, 9.17) is 4.99 Å². The second-order valence-electron chi connectivity index (χ2n) is 5.68. The second kappa shape index (κ2) is 11.2. The smallest absolute Gasteiger partial charge is 0.194 e. The highest BCUT2D eigenvalue weighted by atomic mass is 127. The van der Waals surface area contributed by atoms with Crippen molar-refractivity contribution in [1.82, 2.24) is 19.8 Å². The van der Waals surface area contributed by atoms with E-state index in [2.05, 4.69) is 75.9 Å². The van der Waals surface area contributed by atoms with Gasteiger partial charge in [-0.2, -0.15) is 0 Å². The Kier molecular flexibility index (Phi) is 10.0. The maximum absolute atomic E-state index is 4.75. The molecule has 0 aliphatic carbocycles. The Labute approximate surface area is 180 Å². The van der Waals surface area contributed by atoms with Crippen LogP contribution in [0.25, 0.3) is 0 Å². The maximum atomic E-state index is 4.75. The lowest BCUT2D eigenvalue weighted by atomic mass is 10.4. The fraction of sp³-hybridized carbons (Fsp3) is 0.529. The number of guanidine groups is 1. The predicted molar refractivity (Wildman–Crippen MR) is 121 cm³/mol. The Hall–Kier alpha value is -0.610. The Morgan fingerprint density at radius 2 is 2.20 bits per heavy atom. The molecule has 140 valence electrons. The summed E-state index contributed by atoms with van der Waals surface area (Å²) in [7, 11) is 4.13. The molecule has 0 spiro atoms. The first-order valence-electron chi connectivity index (χ1n) is 8.27. The van der Waals surface area contributed by atoms with Crippen LogP contribution in [0.3, 0.4) is 0 Å². The Bertz CT molecular complexity index is 682. The molecule has 0 bridgehead atoms. The van der Waals surface area contributed by atoms with Gasteiger partial charge in [0.2, 0.25) is 0 Å². The third kappa shape index (κ3) is 6.90. The SMILES string of the molecule is CCNC(=NCCc1ncc(CC)s1)N(C)Cc1cc(Br)cn1C.I. The van der Waals surface area contributed by atoms with Gasteiger partial charge in [0.05, 0.1) is 11.6 Å². The third-order valence-electron chi connectivity index (χ3n) is 3.71. The summed E-state index contributed by atoms with van der Waals surface area (Å²) in [4.78, 5) is 12.7. The van der Waals surface area contributed by atoms with Gasteiger partial charge in [-0.25, -0.2) is 4.98 Å². The number of aryl methyl sites for hydroxylation is 2. The highest BCUT2D eigenvalue weighted by Gasteiger charge is 2.09. The van der Waals surface area contributed by atoms with E-state index in [-0.39, 0.29) is 24.0 Å². The fourth-order valence-corrected chi connectivity index (χ4v) is 3.82. The molecule has 0 saturated heterocycles. The van der Waals surface area contributed by atoms with Crippen molar-refractivity contribution in [2.24, 2.45) is 12.0 Å². The zero-order valence-corrected chi connectivity index (χ0v) is 20.0. The number of aromatic nitrogens is 2. The van der Waals surface area contributed by atoms with Gasteiger partial charge in [-0.15, -0.1) is 35.3 Å². The summed E-state index contributed by atoms with van der Waals surface area (Å²) in [6, 6.07) is 2.14. The number of rotatable bonds is 7. The first-order chi connectivity index (χ1) is 11.5. The van der Waals surface area contributed by atoms with E-state index in [9.17, 15) is 0 Å². The maximum Gasteiger partial charge on any atom is 0.194 e. The Morgan fingerprint density at radius 3 is 2.76 bits per heavy atom. The van der Waals surface area contributed by atoms with Gasteiger partial charge in [0, 0.05) is 61.0 Å². The lowest BCUT2D eigenvalue weighted by Crippen LogP contribution is -2.39. The van der Waals surface area contributed by atoms with Crippen molar-refractivity contribution in [2.45, 2.75) is 33.2 Å². The van der Waals surface area contributed by atoms with Crippen LogP contribution in [0.4, 0.5) is 0 Å². The van der Waals surface area contributed by atoms with E-state index in [0.717, 1.165) is 42.9 Å². The lowest BCUT2D eigenvalue weighted by Gasteiger charge is -2.22. The number of thiazole rings is 1. The van der Waals surface area contributed by atoms with Crippen LogP contribution in [-0.2, 0) is 26.4 Å². The van der Waals surface area contributed by atoms with Crippen molar-refractivity contribution in [2.75, 3.05) is 20.1 Å². The summed E-state index contributed by atoms with van der Waals surface area (Å²) in [5.41, 5.74) is 1.24. The van der Waals surface area contributed by atoms with Crippen molar-refractivity contribution >= 4 is 57.2 Å². The molecular weight excluding hydrogens is 513 g/mol. The minimum absolute atomic E-state index is 0. The minimum Gasteiger partial charge on any atom is -0.357 e. The predicted octanol–water partition coefficient (Wildman–Crippen LogP) is 4.06. The molecule has 2 aromatic heterocycles. The van der Waals surface area contributed by atoms with Crippen molar-refractivity contribution < 1.29 is 0 Å². The first-order valence-corrected chi connectivity index (χ1v) is 9.88. The molecule has 0 amide bonds. The average molecular weight is 540 g/mol. The molecule has 25 heavy (non-hydrogen) atoms. The van der Waals surface area contributed by atoms with Crippen LogP contribution in [-0.4, -0.2) is 40.5 Å². The van der Waals surface area contributed by atoms with Gasteiger partial charge in [-0.3, -0.25) is 4.99 Å². The molecule has 0 radical (unpaired) electrons. The summed E-state index contributed by atoms with van der Waals surface area (Å²) >= 11 is 5.32. The van der Waals surface area contributed by atoms with E-state index in [1.807, 2.05) is 6.20 Å². The number of nitrogens with one attached hydrogen (secondary N) is 1. The second-order valence-corrected chi connectivity index (χ2v) is 7.79. The summed E-state index contributed by atoms with van der Waals surface area (Å²) in [5, 5.41) is 4.54. The minimum atomic E-state index is 0. The van der Waals surface area contributed by atoms with Crippen LogP contribution in [0.15, 0.2) is 27.9 Å². The van der Waals surface area contributed by atoms with E-state index < -0.39 is 0 Å². The van der Waals surface area contributed by atoms with E-state index in [1.165, 1.54) is 15.6 Å². The number of hydrogen-bond donors (Lipinski definition) is 1. The standard InChI is InChI=1S/C17H26BrN5S.HI/c1-5-15-10-21-16(24-15)7-8-20-17(19-6-2)23(4)12-14-9-13(18)11-22(14)3;/h9-11H,5-8,12H2,1-4H3,(H,19,20);1H. The van der Waals surface area contributed by atoms with E-state index in [0.29, 0.717) is 0 Å².